The van der Waals surface area contributed by atoms with Crippen molar-refractivity contribution in [3.63, 3.8) is 0 Å². The number of hydrogen-bond donors (Lipinski definition) is 1. The molecule has 2 N–H and O–H groups in total. The SMILES string of the molecule is CC(CN)N(C)C(=O)c1cnn(C)c1. The summed E-state index contributed by atoms with van der Waals surface area (Å²) in [5.41, 5.74) is 6.07. The lowest BCUT2D eigenvalue weighted by atomic mass is 10.2. The predicted octanol–water partition coefficient (Wildman–Crippen LogP) is -0.161. The van der Waals surface area contributed by atoms with Crippen LogP contribution in [0.25, 0.3) is 0 Å². The number of carbonyl (C=O) groups is 1. The normalized spacial score (nSPS) is 12.6. The van der Waals surface area contributed by atoms with Gasteiger partial charge in [0.05, 0.1) is 11.8 Å². The van der Waals surface area contributed by atoms with E-state index in [0.29, 0.717) is 12.1 Å². The van der Waals surface area contributed by atoms with Crippen LogP contribution in [0.3, 0.4) is 0 Å². The number of aromatic nitrogens is 2. The molecule has 5 heteroatoms. The zero-order valence-electron chi connectivity index (χ0n) is 8.77. The number of aryl methyl sites for hydroxylation is 1. The quantitative estimate of drug-likeness (QED) is 0.730. The molecular formula is C9H16N4O. The second kappa shape index (κ2) is 4.23. The highest BCUT2D eigenvalue weighted by atomic mass is 16.2. The molecule has 1 aromatic heterocycles. The van der Waals surface area contributed by atoms with Crippen molar-refractivity contribution < 1.29 is 4.79 Å². The highest BCUT2D eigenvalue weighted by Crippen LogP contribution is 2.04. The summed E-state index contributed by atoms with van der Waals surface area (Å²) in [6.07, 6.45) is 3.25. The molecule has 0 aliphatic rings. The first kappa shape index (κ1) is 10.7. The fraction of sp³-hybridized carbons (Fsp3) is 0.556. The van der Waals surface area contributed by atoms with Gasteiger partial charge in [0.2, 0.25) is 0 Å². The van der Waals surface area contributed by atoms with Crippen LogP contribution in [-0.2, 0) is 7.05 Å². The Labute approximate surface area is 83.5 Å². The Balaban J connectivity index is 2.75. The van der Waals surface area contributed by atoms with Gasteiger partial charge in [0, 0.05) is 32.9 Å². The Morgan fingerprint density at radius 3 is 2.86 bits per heavy atom. The third kappa shape index (κ3) is 2.11. The zero-order valence-corrected chi connectivity index (χ0v) is 8.77. The summed E-state index contributed by atoms with van der Waals surface area (Å²) in [6, 6.07) is 0.0442. The van der Waals surface area contributed by atoms with Gasteiger partial charge in [0.15, 0.2) is 0 Å². The van der Waals surface area contributed by atoms with Gasteiger partial charge >= 0.3 is 0 Å². The van der Waals surface area contributed by atoms with E-state index in [4.69, 9.17) is 5.73 Å². The van der Waals surface area contributed by atoms with Gasteiger partial charge in [-0.2, -0.15) is 5.10 Å². The van der Waals surface area contributed by atoms with E-state index in [0.717, 1.165) is 0 Å². The minimum Gasteiger partial charge on any atom is -0.338 e. The third-order valence-corrected chi connectivity index (χ3v) is 2.27. The minimum absolute atomic E-state index is 0.0442. The molecule has 1 aromatic rings. The second-order valence-corrected chi connectivity index (χ2v) is 3.40. The molecule has 0 saturated carbocycles. The summed E-state index contributed by atoms with van der Waals surface area (Å²) in [5, 5.41) is 3.94. The predicted molar refractivity (Wildman–Crippen MR) is 53.8 cm³/mol. The number of rotatable bonds is 3. The van der Waals surface area contributed by atoms with Gasteiger partial charge in [-0.25, -0.2) is 0 Å². The molecule has 0 aliphatic heterocycles. The first-order chi connectivity index (χ1) is 6.56. The molecule has 0 aromatic carbocycles. The molecule has 0 spiro atoms. The number of carbonyl (C=O) groups excluding carboxylic acids is 1. The van der Waals surface area contributed by atoms with Crippen molar-refractivity contribution in [2.75, 3.05) is 13.6 Å². The van der Waals surface area contributed by atoms with E-state index < -0.39 is 0 Å². The summed E-state index contributed by atoms with van der Waals surface area (Å²) in [5.74, 6) is -0.0453. The van der Waals surface area contributed by atoms with Crippen LogP contribution in [0, 0.1) is 0 Å². The molecule has 0 aliphatic carbocycles. The Bertz CT molecular complexity index is 320. The van der Waals surface area contributed by atoms with Crippen molar-refractivity contribution in [1.29, 1.82) is 0 Å². The first-order valence-corrected chi connectivity index (χ1v) is 4.52. The summed E-state index contributed by atoms with van der Waals surface area (Å²) >= 11 is 0. The van der Waals surface area contributed by atoms with E-state index >= 15 is 0 Å². The topological polar surface area (TPSA) is 64.2 Å². The molecule has 1 heterocycles. The standard InChI is InChI=1S/C9H16N4O/c1-7(4-10)13(3)9(14)8-5-11-12(2)6-8/h5-7H,4,10H2,1-3H3. The average Bonchev–Trinajstić information content (AvgIpc) is 2.61. The number of nitrogens with two attached hydrogens (primary N) is 1. The maximum atomic E-state index is 11.8. The minimum atomic E-state index is -0.0453. The Morgan fingerprint density at radius 1 is 1.79 bits per heavy atom. The monoisotopic (exact) mass is 196 g/mol. The molecule has 1 amide bonds. The van der Waals surface area contributed by atoms with Crippen molar-refractivity contribution in [3.8, 4) is 0 Å². The van der Waals surface area contributed by atoms with Crippen LogP contribution in [0.4, 0.5) is 0 Å². The lowest BCUT2D eigenvalue weighted by Gasteiger charge is -2.22. The summed E-state index contributed by atoms with van der Waals surface area (Å²) in [6.45, 7) is 2.37. The average molecular weight is 196 g/mol. The molecule has 14 heavy (non-hydrogen) atoms. The van der Waals surface area contributed by atoms with Gasteiger partial charge in [-0.05, 0) is 6.92 Å². The van der Waals surface area contributed by atoms with Gasteiger partial charge in [0.1, 0.15) is 0 Å². The van der Waals surface area contributed by atoms with Crippen LogP contribution in [0.2, 0.25) is 0 Å². The smallest absolute Gasteiger partial charge is 0.257 e. The molecule has 0 saturated heterocycles. The number of likely N-dealkylation sites (N-methyl/N-ethyl adjacent to an activating group) is 1. The lowest BCUT2D eigenvalue weighted by Crippen LogP contribution is -2.39. The van der Waals surface area contributed by atoms with Crippen LogP contribution >= 0.6 is 0 Å². The van der Waals surface area contributed by atoms with Gasteiger partial charge in [-0.3, -0.25) is 9.48 Å². The number of nitrogens with zero attached hydrogens (tertiary/aromatic N) is 3. The molecule has 1 atom stereocenters. The highest BCUT2D eigenvalue weighted by Gasteiger charge is 2.17. The van der Waals surface area contributed by atoms with Crippen LogP contribution in [0.1, 0.15) is 17.3 Å². The molecule has 0 fully saturated rings. The largest absolute Gasteiger partial charge is 0.338 e. The fourth-order valence-electron chi connectivity index (χ4n) is 1.09. The van der Waals surface area contributed by atoms with Crippen LogP contribution < -0.4 is 5.73 Å². The van der Waals surface area contributed by atoms with E-state index in [-0.39, 0.29) is 11.9 Å². The molecule has 1 rings (SSSR count). The van der Waals surface area contributed by atoms with Crippen molar-refractivity contribution in [3.05, 3.63) is 18.0 Å². The Kier molecular flexibility index (Phi) is 3.24. The van der Waals surface area contributed by atoms with E-state index in [9.17, 15) is 4.79 Å². The van der Waals surface area contributed by atoms with Crippen molar-refractivity contribution >= 4 is 5.91 Å². The lowest BCUT2D eigenvalue weighted by molar-refractivity contribution is 0.0748. The number of hydrogen-bond acceptors (Lipinski definition) is 3. The van der Waals surface area contributed by atoms with E-state index in [2.05, 4.69) is 5.10 Å². The number of amides is 1. The third-order valence-electron chi connectivity index (χ3n) is 2.27. The molecule has 0 radical (unpaired) electrons. The molecular weight excluding hydrogens is 180 g/mol. The zero-order chi connectivity index (χ0) is 10.7. The molecule has 78 valence electrons. The van der Waals surface area contributed by atoms with E-state index in [1.807, 2.05) is 6.92 Å². The molecule has 0 bridgehead atoms. The first-order valence-electron chi connectivity index (χ1n) is 4.52. The molecule has 5 nitrogen and oxygen atoms in total. The summed E-state index contributed by atoms with van der Waals surface area (Å²) in [7, 11) is 3.52. The summed E-state index contributed by atoms with van der Waals surface area (Å²) in [4.78, 5) is 13.4. The van der Waals surface area contributed by atoms with Gasteiger partial charge in [-0.15, -0.1) is 0 Å². The Morgan fingerprint density at radius 2 is 2.43 bits per heavy atom. The maximum Gasteiger partial charge on any atom is 0.257 e. The van der Waals surface area contributed by atoms with Crippen LogP contribution in [-0.4, -0.2) is 40.2 Å². The van der Waals surface area contributed by atoms with E-state index in [1.54, 1.807) is 36.1 Å². The maximum absolute atomic E-state index is 11.8. The Hall–Kier alpha value is -1.36. The van der Waals surface area contributed by atoms with Crippen LogP contribution in [0.5, 0.6) is 0 Å². The van der Waals surface area contributed by atoms with E-state index in [1.165, 1.54) is 0 Å². The van der Waals surface area contributed by atoms with Gasteiger partial charge in [0.25, 0.3) is 5.91 Å². The van der Waals surface area contributed by atoms with Crippen LogP contribution in [0.15, 0.2) is 12.4 Å². The highest BCUT2D eigenvalue weighted by molar-refractivity contribution is 5.93. The van der Waals surface area contributed by atoms with Crippen molar-refractivity contribution in [1.82, 2.24) is 14.7 Å². The molecule has 1 unspecified atom stereocenters. The second-order valence-electron chi connectivity index (χ2n) is 3.40. The van der Waals surface area contributed by atoms with Gasteiger partial charge in [-0.1, -0.05) is 0 Å². The summed E-state index contributed by atoms with van der Waals surface area (Å²) < 4.78 is 1.61. The fourth-order valence-corrected chi connectivity index (χ4v) is 1.09. The van der Waals surface area contributed by atoms with Crippen molar-refractivity contribution in [2.45, 2.75) is 13.0 Å². The van der Waals surface area contributed by atoms with Crippen molar-refractivity contribution in [2.24, 2.45) is 12.8 Å². The van der Waals surface area contributed by atoms with Gasteiger partial charge < -0.3 is 10.6 Å².